The van der Waals surface area contributed by atoms with Gasteiger partial charge in [0.15, 0.2) is 0 Å². The third-order valence-electron chi connectivity index (χ3n) is 5.04. The van der Waals surface area contributed by atoms with Gasteiger partial charge in [-0.25, -0.2) is 9.37 Å². The first-order valence-corrected chi connectivity index (χ1v) is 10.6. The lowest BCUT2D eigenvalue weighted by Crippen LogP contribution is -2.44. The fraction of sp³-hybridized carbons (Fsp3) is 0.391. The summed E-state index contributed by atoms with van der Waals surface area (Å²) in [5, 5.41) is 5.38. The van der Waals surface area contributed by atoms with Crippen LogP contribution in [-0.4, -0.2) is 53.4 Å². The summed E-state index contributed by atoms with van der Waals surface area (Å²) in [5.41, 5.74) is 0.753. The molecule has 3 amide bonds. The van der Waals surface area contributed by atoms with Crippen LogP contribution in [-0.2, 0) is 25.7 Å². The van der Waals surface area contributed by atoms with Gasteiger partial charge in [-0.3, -0.25) is 14.4 Å². The Labute approximate surface area is 186 Å². The molecule has 0 radical (unpaired) electrons. The van der Waals surface area contributed by atoms with Gasteiger partial charge in [0, 0.05) is 38.7 Å². The van der Waals surface area contributed by atoms with E-state index in [1.165, 1.54) is 17.0 Å². The summed E-state index contributed by atoms with van der Waals surface area (Å²) in [4.78, 5) is 42.8. The second-order valence-electron chi connectivity index (χ2n) is 7.58. The molecule has 1 aliphatic heterocycles. The Kier molecular flexibility index (Phi) is 8.68. The molecule has 0 aliphatic carbocycles. The molecule has 3 rings (SSSR count). The molecule has 1 aliphatic rings. The predicted molar refractivity (Wildman–Crippen MR) is 116 cm³/mol. The lowest BCUT2D eigenvalue weighted by Gasteiger charge is -2.25. The average Bonchev–Trinajstić information content (AvgIpc) is 3.30. The van der Waals surface area contributed by atoms with Crippen LogP contribution in [0.5, 0.6) is 0 Å². The molecule has 2 N–H and O–H groups in total. The first-order valence-electron chi connectivity index (χ1n) is 10.6. The van der Waals surface area contributed by atoms with Crippen molar-refractivity contribution in [1.82, 2.24) is 15.2 Å². The largest absolute Gasteiger partial charge is 0.376 e. The smallest absolute Gasteiger partial charge is 0.239 e. The van der Waals surface area contributed by atoms with Crippen molar-refractivity contribution in [2.45, 2.75) is 38.3 Å². The van der Waals surface area contributed by atoms with Gasteiger partial charge in [-0.2, -0.15) is 0 Å². The van der Waals surface area contributed by atoms with E-state index in [9.17, 15) is 18.8 Å². The van der Waals surface area contributed by atoms with E-state index >= 15 is 0 Å². The molecule has 9 heteroatoms. The number of ether oxygens (including phenoxy) is 1. The quantitative estimate of drug-likeness (QED) is 0.588. The Bertz CT molecular complexity index is 902. The molecular formula is C23H27FN4O4. The van der Waals surface area contributed by atoms with E-state index in [-0.39, 0.29) is 55.6 Å². The highest BCUT2D eigenvalue weighted by atomic mass is 19.1. The summed E-state index contributed by atoms with van der Waals surface area (Å²) in [6, 6.07) is 11.0. The van der Waals surface area contributed by atoms with Gasteiger partial charge in [-0.05, 0) is 42.7 Å². The molecular weight excluding hydrogens is 415 g/mol. The van der Waals surface area contributed by atoms with E-state index in [2.05, 4.69) is 15.6 Å². The van der Waals surface area contributed by atoms with Crippen LogP contribution in [0.3, 0.4) is 0 Å². The van der Waals surface area contributed by atoms with Crippen molar-refractivity contribution in [2.75, 3.05) is 25.0 Å². The molecule has 0 saturated carbocycles. The van der Waals surface area contributed by atoms with Crippen LogP contribution >= 0.6 is 0 Å². The molecule has 170 valence electrons. The SMILES string of the molecule is O=C(CN(CC1CCCO1)C(=O)CCC(=O)Nc1ccccn1)NCc1ccc(F)cc1. The van der Waals surface area contributed by atoms with Crippen molar-refractivity contribution in [3.8, 4) is 0 Å². The normalized spacial score (nSPS) is 15.2. The van der Waals surface area contributed by atoms with Crippen molar-refractivity contribution < 1.29 is 23.5 Å². The van der Waals surface area contributed by atoms with E-state index in [4.69, 9.17) is 4.74 Å². The Hall–Kier alpha value is -3.33. The minimum absolute atomic E-state index is 0.0192. The third kappa shape index (κ3) is 7.73. The number of carbonyl (C=O) groups is 3. The van der Waals surface area contributed by atoms with Crippen LogP contribution in [0.1, 0.15) is 31.2 Å². The zero-order chi connectivity index (χ0) is 22.8. The fourth-order valence-electron chi connectivity index (χ4n) is 3.34. The monoisotopic (exact) mass is 442 g/mol. The zero-order valence-corrected chi connectivity index (χ0v) is 17.8. The summed E-state index contributed by atoms with van der Waals surface area (Å²) in [6.45, 7) is 1.02. The third-order valence-corrected chi connectivity index (χ3v) is 5.04. The van der Waals surface area contributed by atoms with Crippen LogP contribution < -0.4 is 10.6 Å². The van der Waals surface area contributed by atoms with Gasteiger partial charge >= 0.3 is 0 Å². The second-order valence-corrected chi connectivity index (χ2v) is 7.58. The Morgan fingerprint density at radius 3 is 2.59 bits per heavy atom. The number of benzene rings is 1. The minimum Gasteiger partial charge on any atom is -0.376 e. The van der Waals surface area contributed by atoms with Gasteiger partial charge in [-0.1, -0.05) is 18.2 Å². The number of anilines is 1. The molecule has 2 aromatic rings. The first kappa shape index (κ1) is 23.3. The van der Waals surface area contributed by atoms with Crippen molar-refractivity contribution in [3.05, 3.63) is 60.0 Å². The molecule has 32 heavy (non-hydrogen) atoms. The number of nitrogens with one attached hydrogen (secondary N) is 2. The van der Waals surface area contributed by atoms with E-state index in [0.717, 1.165) is 18.4 Å². The number of carbonyl (C=O) groups excluding carboxylic acids is 3. The molecule has 2 heterocycles. The summed E-state index contributed by atoms with van der Waals surface area (Å²) >= 11 is 0. The Morgan fingerprint density at radius 2 is 1.91 bits per heavy atom. The highest BCUT2D eigenvalue weighted by Crippen LogP contribution is 2.14. The lowest BCUT2D eigenvalue weighted by atomic mass is 10.2. The Morgan fingerprint density at radius 1 is 1.09 bits per heavy atom. The van der Waals surface area contributed by atoms with Gasteiger partial charge in [0.2, 0.25) is 17.7 Å². The number of pyridine rings is 1. The Balaban J connectivity index is 1.51. The number of halogens is 1. The molecule has 1 aromatic carbocycles. The minimum atomic E-state index is -0.347. The van der Waals surface area contributed by atoms with E-state index in [1.807, 2.05) is 0 Å². The zero-order valence-electron chi connectivity index (χ0n) is 17.8. The maximum absolute atomic E-state index is 13.0. The van der Waals surface area contributed by atoms with E-state index in [0.29, 0.717) is 19.0 Å². The van der Waals surface area contributed by atoms with Crippen LogP contribution in [0.15, 0.2) is 48.7 Å². The number of hydrogen-bond donors (Lipinski definition) is 2. The maximum Gasteiger partial charge on any atom is 0.239 e. The summed E-state index contributed by atoms with van der Waals surface area (Å²) < 4.78 is 18.6. The van der Waals surface area contributed by atoms with Crippen LogP contribution in [0.2, 0.25) is 0 Å². The van der Waals surface area contributed by atoms with Crippen LogP contribution in [0.4, 0.5) is 10.2 Å². The van der Waals surface area contributed by atoms with Gasteiger partial charge in [0.1, 0.15) is 11.6 Å². The van der Waals surface area contributed by atoms with Crippen molar-refractivity contribution in [3.63, 3.8) is 0 Å². The molecule has 1 saturated heterocycles. The number of hydrogen-bond acceptors (Lipinski definition) is 5. The van der Waals surface area contributed by atoms with E-state index in [1.54, 1.807) is 36.5 Å². The predicted octanol–water partition coefficient (Wildman–Crippen LogP) is 2.26. The standard InChI is InChI=1S/C23H27FN4O4/c24-18-8-6-17(7-9-18)14-26-22(30)16-28(15-19-4-3-13-32-19)23(31)11-10-21(29)27-20-5-1-2-12-25-20/h1-2,5-9,12,19H,3-4,10-11,13-16H2,(H,26,30)(H,25,27,29). The topological polar surface area (TPSA) is 101 Å². The number of amides is 3. The molecule has 1 aromatic heterocycles. The van der Waals surface area contributed by atoms with Crippen molar-refractivity contribution in [2.24, 2.45) is 0 Å². The van der Waals surface area contributed by atoms with Crippen LogP contribution in [0, 0.1) is 5.82 Å². The highest BCUT2D eigenvalue weighted by molar-refractivity contribution is 5.93. The number of rotatable bonds is 10. The molecule has 8 nitrogen and oxygen atoms in total. The molecule has 0 bridgehead atoms. The fourth-order valence-corrected chi connectivity index (χ4v) is 3.34. The van der Waals surface area contributed by atoms with Crippen molar-refractivity contribution in [1.29, 1.82) is 0 Å². The van der Waals surface area contributed by atoms with E-state index < -0.39 is 0 Å². The average molecular weight is 442 g/mol. The first-order chi connectivity index (χ1) is 15.5. The van der Waals surface area contributed by atoms with Crippen molar-refractivity contribution >= 4 is 23.5 Å². The summed E-state index contributed by atoms with van der Waals surface area (Å²) in [6.07, 6.45) is 3.13. The van der Waals surface area contributed by atoms with Gasteiger partial charge in [0.25, 0.3) is 0 Å². The molecule has 0 spiro atoms. The summed E-state index contributed by atoms with van der Waals surface area (Å²) in [5.74, 6) is -0.885. The van der Waals surface area contributed by atoms with Crippen LogP contribution in [0.25, 0.3) is 0 Å². The highest BCUT2D eigenvalue weighted by Gasteiger charge is 2.24. The van der Waals surface area contributed by atoms with Gasteiger partial charge < -0.3 is 20.3 Å². The molecule has 1 unspecified atom stereocenters. The molecule has 1 fully saturated rings. The second kappa shape index (κ2) is 11.9. The lowest BCUT2D eigenvalue weighted by molar-refractivity contribution is -0.138. The maximum atomic E-state index is 13.0. The number of aromatic nitrogens is 1. The molecule has 1 atom stereocenters. The number of nitrogens with zero attached hydrogens (tertiary/aromatic N) is 2. The van der Waals surface area contributed by atoms with Gasteiger partial charge in [-0.15, -0.1) is 0 Å². The summed E-state index contributed by atoms with van der Waals surface area (Å²) in [7, 11) is 0. The van der Waals surface area contributed by atoms with Gasteiger partial charge in [0.05, 0.1) is 12.6 Å².